The summed E-state index contributed by atoms with van der Waals surface area (Å²) in [6.45, 7) is 1.47. The Balaban J connectivity index is 1.93. The van der Waals surface area contributed by atoms with Crippen molar-refractivity contribution in [3.05, 3.63) is 69.0 Å². The zero-order valence-electron chi connectivity index (χ0n) is 13.1. The van der Waals surface area contributed by atoms with E-state index in [4.69, 9.17) is 0 Å². The molecule has 3 aromatic rings. The Hall–Kier alpha value is -3.62. The van der Waals surface area contributed by atoms with Gasteiger partial charge in [0.1, 0.15) is 17.2 Å². The minimum atomic E-state index is -0.996. The Morgan fingerprint density at radius 2 is 1.88 bits per heavy atom. The van der Waals surface area contributed by atoms with Crippen LogP contribution >= 0.6 is 0 Å². The van der Waals surface area contributed by atoms with Crippen LogP contribution < -0.4 is 10.9 Å². The van der Waals surface area contributed by atoms with Crippen molar-refractivity contribution in [3.63, 3.8) is 0 Å². The van der Waals surface area contributed by atoms with E-state index in [9.17, 15) is 19.7 Å². The first-order valence-electron chi connectivity index (χ1n) is 7.37. The predicted molar refractivity (Wildman–Crippen MR) is 90.2 cm³/mol. The summed E-state index contributed by atoms with van der Waals surface area (Å²) in [5, 5.41) is 21.5. The third-order valence-corrected chi connectivity index (χ3v) is 3.70. The fourth-order valence-corrected chi connectivity index (χ4v) is 2.34. The lowest BCUT2D eigenvalue weighted by Crippen LogP contribution is -2.34. The van der Waals surface area contributed by atoms with E-state index in [-0.39, 0.29) is 11.4 Å². The van der Waals surface area contributed by atoms with Gasteiger partial charge in [0.05, 0.1) is 10.3 Å². The molecule has 0 unspecified atom stereocenters. The van der Waals surface area contributed by atoms with E-state index in [2.05, 4.69) is 15.6 Å². The average Bonchev–Trinajstić information content (AvgIpc) is 2.62. The third kappa shape index (κ3) is 3.07. The number of nitro groups is 1. The number of carbonyl (C=O) groups excluding carboxylic acids is 1. The molecule has 9 nitrogen and oxygen atoms in total. The molecule has 9 heteroatoms. The molecule has 1 amide bonds. The summed E-state index contributed by atoms with van der Waals surface area (Å²) in [5.74, 6) is -0.610. The van der Waals surface area contributed by atoms with Gasteiger partial charge in [-0.05, 0) is 25.1 Å². The number of aromatic nitrogens is 3. The van der Waals surface area contributed by atoms with Crippen molar-refractivity contribution >= 4 is 28.2 Å². The van der Waals surface area contributed by atoms with Gasteiger partial charge in [-0.3, -0.25) is 19.7 Å². The van der Waals surface area contributed by atoms with Gasteiger partial charge in [-0.25, -0.2) is 0 Å². The van der Waals surface area contributed by atoms with Gasteiger partial charge >= 0.3 is 0 Å². The molecule has 25 heavy (non-hydrogen) atoms. The number of anilines is 1. The number of amides is 1. The van der Waals surface area contributed by atoms with E-state index in [0.29, 0.717) is 10.9 Å². The number of hydrogen-bond donors (Lipinski definition) is 1. The second kappa shape index (κ2) is 6.48. The van der Waals surface area contributed by atoms with Crippen LogP contribution in [0.3, 0.4) is 0 Å². The minimum Gasteiger partial charge on any atom is -0.319 e. The first kappa shape index (κ1) is 16.2. The molecular formula is C16H13N5O4. The van der Waals surface area contributed by atoms with Crippen molar-refractivity contribution in [2.24, 2.45) is 0 Å². The number of nitrogens with zero attached hydrogens (tertiary/aromatic N) is 4. The number of benzene rings is 2. The fourth-order valence-electron chi connectivity index (χ4n) is 2.34. The lowest BCUT2D eigenvalue weighted by molar-refractivity contribution is -0.383. The first-order valence-corrected chi connectivity index (χ1v) is 7.37. The van der Waals surface area contributed by atoms with Crippen LogP contribution in [0.5, 0.6) is 0 Å². The molecule has 0 aliphatic rings. The van der Waals surface area contributed by atoms with Crippen LogP contribution in [0.1, 0.15) is 13.0 Å². The van der Waals surface area contributed by atoms with Gasteiger partial charge in [0.15, 0.2) is 0 Å². The molecule has 0 saturated heterocycles. The molecule has 0 spiro atoms. The van der Waals surface area contributed by atoms with E-state index in [1.165, 1.54) is 25.1 Å². The lowest BCUT2D eigenvalue weighted by Gasteiger charge is -2.13. The van der Waals surface area contributed by atoms with Gasteiger partial charge in [-0.2, -0.15) is 4.68 Å². The van der Waals surface area contributed by atoms with E-state index in [0.717, 1.165) is 4.68 Å². The second-order valence-corrected chi connectivity index (χ2v) is 5.30. The molecule has 1 N–H and O–H groups in total. The molecule has 126 valence electrons. The number of hydrogen-bond acceptors (Lipinski definition) is 6. The Labute approximate surface area is 141 Å². The average molecular weight is 339 g/mol. The molecule has 0 aliphatic heterocycles. The molecule has 1 heterocycles. The maximum Gasteiger partial charge on any atom is 0.292 e. The van der Waals surface area contributed by atoms with Crippen LogP contribution in [0.15, 0.2) is 53.3 Å². The Morgan fingerprint density at radius 1 is 1.20 bits per heavy atom. The number of rotatable bonds is 4. The van der Waals surface area contributed by atoms with E-state index >= 15 is 0 Å². The van der Waals surface area contributed by atoms with Crippen LogP contribution in [0.2, 0.25) is 0 Å². The van der Waals surface area contributed by atoms with Crippen LogP contribution in [-0.4, -0.2) is 25.8 Å². The number of nitro benzene ring substituents is 1. The third-order valence-electron chi connectivity index (χ3n) is 3.70. The van der Waals surface area contributed by atoms with Crippen LogP contribution in [0, 0.1) is 10.1 Å². The summed E-state index contributed by atoms with van der Waals surface area (Å²) in [4.78, 5) is 35.3. The van der Waals surface area contributed by atoms with Crippen LogP contribution in [0.4, 0.5) is 11.4 Å². The van der Waals surface area contributed by atoms with Gasteiger partial charge in [0.25, 0.3) is 11.2 Å². The van der Waals surface area contributed by atoms with Gasteiger partial charge in [-0.15, -0.1) is 5.10 Å². The molecule has 0 radical (unpaired) electrons. The van der Waals surface area contributed by atoms with Gasteiger partial charge in [-0.1, -0.05) is 29.5 Å². The van der Waals surface area contributed by atoms with Crippen molar-refractivity contribution in [3.8, 4) is 0 Å². The Bertz CT molecular complexity index is 1030. The highest BCUT2D eigenvalue weighted by Gasteiger charge is 2.22. The van der Waals surface area contributed by atoms with Crippen LogP contribution in [0.25, 0.3) is 10.9 Å². The van der Waals surface area contributed by atoms with Crippen molar-refractivity contribution in [1.29, 1.82) is 0 Å². The summed E-state index contributed by atoms with van der Waals surface area (Å²) in [7, 11) is 0. The van der Waals surface area contributed by atoms with E-state index in [1.807, 2.05) is 0 Å². The second-order valence-electron chi connectivity index (χ2n) is 5.30. The first-order chi connectivity index (χ1) is 12.0. The van der Waals surface area contributed by atoms with E-state index in [1.54, 1.807) is 30.3 Å². The summed E-state index contributed by atoms with van der Waals surface area (Å²) < 4.78 is 0.951. The minimum absolute atomic E-state index is 0.0474. The number of nitrogens with one attached hydrogen (secondary N) is 1. The van der Waals surface area contributed by atoms with Crippen molar-refractivity contribution in [2.45, 2.75) is 13.0 Å². The van der Waals surface area contributed by atoms with Crippen molar-refractivity contribution < 1.29 is 9.72 Å². The predicted octanol–water partition coefficient (Wildman–Crippen LogP) is 1.90. The zero-order chi connectivity index (χ0) is 18.0. The highest BCUT2D eigenvalue weighted by Crippen LogP contribution is 2.24. The number of fused-ring (bicyclic) bond motifs is 1. The highest BCUT2D eigenvalue weighted by atomic mass is 16.6. The maximum absolute atomic E-state index is 12.5. The van der Waals surface area contributed by atoms with Gasteiger partial charge in [0.2, 0.25) is 5.91 Å². The van der Waals surface area contributed by atoms with Gasteiger partial charge in [0, 0.05) is 6.07 Å². The normalized spacial score (nSPS) is 11.9. The zero-order valence-corrected chi connectivity index (χ0v) is 13.1. The molecule has 0 aliphatic carbocycles. The lowest BCUT2D eigenvalue weighted by atomic mass is 10.2. The molecule has 1 aromatic heterocycles. The van der Waals surface area contributed by atoms with Crippen molar-refractivity contribution in [2.75, 3.05) is 5.32 Å². The highest BCUT2D eigenvalue weighted by molar-refractivity contribution is 5.95. The Kier molecular flexibility index (Phi) is 4.21. The summed E-state index contributed by atoms with van der Waals surface area (Å²) >= 11 is 0. The summed E-state index contributed by atoms with van der Waals surface area (Å²) in [5.41, 5.74) is -0.225. The van der Waals surface area contributed by atoms with Gasteiger partial charge < -0.3 is 5.32 Å². The standard InChI is InChI=1S/C16H13N5O4/c1-10(15(22)17-13-8-4-5-9-14(13)21(24)25)20-16(23)11-6-2-3-7-12(11)18-19-20/h2-10H,1H3,(H,17,22)/t10-/m0/s1. The smallest absolute Gasteiger partial charge is 0.292 e. The monoisotopic (exact) mass is 339 g/mol. The fraction of sp³-hybridized carbons (Fsp3) is 0.125. The maximum atomic E-state index is 12.5. The molecular weight excluding hydrogens is 326 g/mol. The molecule has 3 rings (SSSR count). The SMILES string of the molecule is C[C@@H](C(=O)Nc1ccccc1[N+](=O)[O-])n1nnc2ccccc2c1=O. The largest absolute Gasteiger partial charge is 0.319 e. The molecule has 2 aromatic carbocycles. The quantitative estimate of drug-likeness (QED) is 0.572. The number of carbonyl (C=O) groups is 1. The molecule has 1 atom stereocenters. The summed E-state index contributed by atoms with van der Waals surface area (Å²) in [6, 6.07) is 11.4. The summed E-state index contributed by atoms with van der Waals surface area (Å²) in [6.07, 6.45) is 0. The molecule has 0 bridgehead atoms. The van der Waals surface area contributed by atoms with Crippen LogP contribution in [-0.2, 0) is 4.79 Å². The Morgan fingerprint density at radius 3 is 2.64 bits per heavy atom. The topological polar surface area (TPSA) is 120 Å². The number of para-hydroxylation sites is 2. The molecule has 0 fully saturated rings. The van der Waals surface area contributed by atoms with Crippen molar-refractivity contribution in [1.82, 2.24) is 15.0 Å². The molecule has 0 saturated carbocycles. The van der Waals surface area contributed by atoms with E-state index < -0.39 is 22.4 Å².